The van der Waals surface area contributed by atoms with E-state index in [4.69, 9.17) is 21.1 Å². The third-order valence-electron chi connectivity index (χ3n) is 4.92. The average Bonchev–Trinajstić information content (AvgIpc) is 2.65. The number of nitrogens with zero attached hydrogens (tertiary/aromatic N) is 1. The zero-order chi connectivity index (χ0) is 19.6. The highest BCUT2D eigenvalue weighted by Crippen LogP contribution is 2.33. The van der Waals surface area contributed by atoms with Crippen LogP contribution >= 0.6 is 11.6 Å². The molecule has 0 unspecified atom stereocenters. The number of nitrogens with one attached hydrogen (secondary N) is 1. The van der Waals surface area contributed by atoms with E-state index in [-0.39, 0.29) is 12.5 Å². The number of rotatable bonds is 5. The van der Waals surface area contributed by atoms with E-state index in [2.05, 4.69) is 11.4 Å². The van der Waals surface area contributed by atoms with E-state index in [9.17, 15) is 4.79 Å². The summed E-state index contributed by atoms with van der Waals surface area (Å²) in [5, 5.41) is 3.84. The molecule has 1 N–H and O–H groups in total. The molecule has 1 aliphatic rings. The minimum Gasteiger partial charge on any atom is -0.493 e. The number of halogens is 1. The van der Waals surface area contributed by atoms with Gasteiger partial charge in [0.2, 0.25) is 5.91 Å². The van der Waals surface area contributed by atoms with Gasteiger partial charge in [0.15, 0.2) is 11.5 Å². The quantitative estimate of drug-likeness (QED) is 0.842. The fourth-order valence-electron chi connectivity index (χ4n) is 3.51. The lowest BCUT2D eigenvalue weighted by Gasteiger charge is -2.30. The van der Waals surface area contributed by atoms with E-state index in [1.165, 1.54) is 5.56 Å². The Morgan fingerprint density at radius 2 is 1.78 bits per heavy atom. The van der Waals surface area contributed by atoms with Gasteiger partial charge in [-0.05, 0) is 60.7 Å². The maximum absolute atomic E-state index is 12.7. The van der Waals surface area contributed by atoms with E-state index in [1.807, 2.05) is 36.9 Å². The number of amides is 1. The van der Waals surface area contributed by atoms with Crippen LogP contribution in [0.2, 0.25) is 5.02 Å². The van der Waals surface area contributed by atoms with Crippen molar-refractivity contribution in [3.8, 4) is 11.5 Å². The molecule has 2 aromatic rings. The molecule has 0 aliphatic carbocycles. The van der Waals surface area contributed by atoms with Crippen molar-refractivity contribution in [2.24, 2.45) is 0 Å². The maximum atomic E-state index is 12.7. The molecule has 2 aromatic carbocycles. The number of anilines is 1. The van der Waals surface area contributed by atoms with Crippen LogP contribution in [-0.2, 0) is 17.8 Å². The Hall–Kier alpha value is -2.40. The highest BCUT2D eigenvalue weighted by molar-refractivity contribution is 6.33. The van der Waals surface area contributed by atoms with Crippen LogP contribution in [-0.4, -0.2) is 38.1 Å². The van der Waals surface area contributed by atoms with Gasteiger partial charge >= 0.3 is 0 Å². The maximum Gasteiger partial charge on any atom is 0.242 e. The summed E-state index contributed by atoms with van der Waals surface area (Å²) in [4.78, 5) is 14.6. The predicted molar refractivity (Wildman–Crippen MR) is 108 cm³/mol. The van der Waals surface area contributed by atoms with Crippen molar-refractivity contribution in [1.82, 2.24) is 4.90 Å². The Kier molecular flexibility index (Phi) is 5.80. The van der Waals surface area contributed by atoms with Gasteiger partial charge in [0.25, 0.3) is 0 Å². The molecule has 5 nitrogen and oxygen atoms in total. The molecule has 0 saturated carbocycles. The Labute approximate surface area is 165 Å². The van der Waals surface area contributed by atoms with Crippen molar-refractivity contribution in [2.45, 2.75) is 26.8 Å². The van der Waals surface area contributed by atoms with Crippen molar-refractivity contribution in [3.63, 3.8) is 0 Å². The molecule has 1 heterocycles. The zero-order valence-corrected chi connectivity index (χ0v) is 16.9. The molecule has 0 radical (unpaired) electrons. The second-order valence-electron chi connectivity index (χ2n) is 6.83. The summed E-state index contributed by atoms with van der Waals surface area (Å²) in [5.41, 5.74) is 5.25. The van der Waals surface area contributed by atoms with Gasteiger partial charge in [-0.15, -0.1) is 0 Å². The highest BCUT2D eigenvalue weighted by Gasteiger charge is 2.23. The number of hydrogen-bond acceptors (Lipinski definition) is 4. The largest absolute Gasteiger partial charge is 0.493 e. The molecular formula is C21H25ClN2O3. The van der Waals surface area contributed by atoms with Crippen LogP contribution in [0, 0.1) is 13.8 Å². The minimum atomic E-state index is 0.0477. The van der Waals surface area contributed by atoms with Gasteiger partial charge in [0.1, 0.15) is 0 Å². The molecule has 3 rings (SSSR count). The molecule has 0 bridgehead atoms. The first-order valence-corrected chi connectivity index (χ1v) is 9.33. The predicted octanol–water partition coefficient (Wildman–Crippen LogP) is 3.97. The number of benzene rings is 2. The lowest BCUT2D eigenvalue weighted by Crippen LogP contribution is -2.39. The third-order valence-corrected chi connectivity index (χ3v) is 5.22. The van der Waals surface area contributed by atoms with Gasteiger partial charge in [-0.2, -0.15) is 0 Å². The third kappa shape index (κ3) is 4.14. The van der Waals surface area contributed by atoms with Crippen LogP contribution < -0.4 is 14.8 Å². The van der Waals surface area contributed by atoms with Gasteiger partial charge in [-0.3, -0.25) is 4.79 Å². The summed E-state index contributed by atoms with van der Waals surface area (Å²) in [6, 6.07) is 7.92. The Morgan fingerprint density at radius 1 is 1.11 bits per heavy atom. The van der Waals surface area contributed by atoms with Crippen LogP contribution in [0.1, 0.15) is 22.3 Å². The highest BCUT2D eigenvalue weighted by atomic mass is 35.5. The number of carbonyl (C=O) groups is 1. The summed E-state index contributed by atoms with van der Waals surface area (Å²) in [5.74, 6) is 1.46. The standard InChI is InChI=1S/C21H25ClN2O3/c1-13-7-14(2)21(17(22)8-13)23-11-20(25)24-6-5-15-9-18(26-3)19(27-4)10-16(15)12-24/h7-10,23H,5-6,11-12H2,1-4H3. The van der Waals surface area contributed by atoms with Gasteiger partial charge in [-0.1, -0.05) is 17.7 Å². The number of ether oxygens (including phenoxy) is 2. The number of aryl methyl sites for hydroxylation is 2. The molecule has 0 aromatic heterocycles. The molecule has 144 valence electrons. The fourth-order valence-corrected chi connectivity index (χ4v) is 3.90. The monoisotopic (exact) mass is 388 g/mol. The molecular weight excluding hydrogens is 364 g/mol. The summed E-state index contributed by atoms with van der Waals surface area (Å²) < 4.78 is 10.8. The van der Waals surface area contributed by atoms with Gasteiger partial charge in [0.05, 0.1) is 31.5 Å². The second kappa shape index (κ2) is 8.09. The van der Waals surface area contributed by atoms with Crippen LogP contribution in [0.4, 0.5) is 5.69 Å². The van der Waals surface area contributed by atoms with Crippen molar-refractivity contribution in [3.05, 3.63) is 51.5 Å². The van der Waals surface area contributed by atoms with E-state index < -0.39 is 0 Å². The van der Waals surface area contributed by atoms with E-state index in [0.29, 0.717) is 23.9 Å². The molecule has 1 aliphatic heterocycles. The van der Waals surface area contributed by atoms with Crippen molar-refractivity contribution < 1.29 is 14.3 Å². The Morgan fingerprint density at radius 3 is 2.41 bits per heavy atom. The zero-order valence-electron chi connectivity index (χ0n) is 16.2. The summed E-state index contributed by atoms with van der Waals surface area (Å²) >= 11 is 6.32. The smallest absolute Gasteiger partial charge is 0.242 e. The molecule has 6 heteroatoms. The van der Waals surface area contributed by atoms with Crippen LogP contribution in [0.5, 0.6) is 11.5 Å². The first-order chi connectivity index (χ1) is 12.9. The molecule has 0 fully saturated rings. The topological polar surface area (TPSA) is 50.8 Å². The van der Waals surface area contributed by atoms with Crippen LogP contribution in [0.15, 0.2) is 24.3 Å². The van der Waals surface area contributed by atoms with E-state index in [0.717, 1.165) is 34.5 Å². The van der Waals surface area contributed by atoms with E-state index >= 15 is 0 Å². The van der Waals surface area contributed by atoms with E-state index in [1.54, 1.807) is 14.2 Å². The first-order valence-electron chi connectivity index (χ1n) is 8.95. The summed E-state index contributed by atoms with van der Waals surface area (Å²) in [6.07, 6.45) is 0.797. The van der Waals surface area contributed by atoms with Crippen molar-refractivity contribution in [2.75, 3.05) is 32.6 Å². The SMILES string of the molecule is COc1cc2c(cc1OC)CN(C(=O)CNc1c(C)cc(C)cc1Cl)CC2. The summed E-state index contributed by atoms with van der Waals surface area (Å²) in [7, 11) is 3.25. The van der Waals surface area contributed by atoms with Crippen LogP contribution in [0.3, 0.4) is 0 Å². The number of hydrogen-bond donors (Lipinski definition) is 1. The minimum absolute atomic E-state index is 0.0477. The van der Waals surface area contributed by atoms with Crippen molar-refractivity contribution in [1.29, 1.82) is 0 Å². The lowest BCUT2D eigenvalue weighted by atomic mass is 9.98. The van der Waals surface area contributed by atoms with Gasteiger partial charge in [-0.25, -0.2) is 0 Å². The number of carbonyl (C=O) groups excluding carboxylic acids is 1. The van der Waals surface area contributed by atoms with Gasteiger partial charge in [0, 0.05) is 13.1 Å². The number of methoxy groups -OCH3 is 2. The lowest BCUT2D eigenvalue weighted by molar-refractivity contribution is -0.130. The first kappa shape index (κ1) is 19.4. The number of fused-ring (bicyclic) bond motifs is 1. The second-order valence-corrected chi connectivity index (χ2v) is 7.24. The fraction of sp³-hybridized carbons (Fsp3) is 0.381. The molecule has 27 heavy (non-hydrogen) atoms. The Bertz CT molecular complexity index is 844. The van der Waals surface area contributed by atoms with Gasteiger partial charge < -0.3 is 19.7 Å². The normalized spacial score (nSPS) is 13.1. The van der Waals surface area contributed by atoms with Crippen LogP contribution in [0.25, 0.3) is 0 Å². The molecule has 0 saturated heterocycles. The Balaban J connectivity index is 1.69. The summed E-state index contributed by atoms with van der Waals surface area (Å²) in [6.45, 7) is 5.46. The average molecular weight is 389 g/mol. The van der Waals surface area contributed by atoms with Crippen molar-refractivity contribution >= 4 is 23.2 Å². The molecule has 0 atom stereocenters. The molecule has 1 amide bonds. The molecule has 0 spiro atoms.